The summed E-state index contributed by atoms with van der Waals surface area (Å²) in [6.45, 7) is 6.50. The van der Waals surface area contributed by atoms with E-state index in [1.807, 2.05) is 4.57 Å². The molecule has 0 amide bonds. The van der Waals surface area contributed by atoms with Crippen molar-refractivity contribution in [3.63, 3.8) is 0 Å². The number of fused-ring (bicyclic) bond motifs is 1. The fourth-order valence-corrected chi connectivity index (χ4v) is 5.10. The highest BCUT2D eigenvalue weighted by molar-refractivity contribution is 5.93. The molecule has 1 aromatic heterocycles. The molecule has 1 fully saturated rings. The van der Waals surface area contributed by atoms with Crippen molar-refractivity contribution < 1.29 is 32.2 Å². The van der Waals surface area contributed by atoms with Gasteiger partial charge in [-0.25, -0.2) is 14.2 Å². The lowest BCUT2D eigenvalue weighted by Crippen LogP contribution is -2.29. The van der Waals surface area contributed by atoms with Gasteiger partial charge in [0.2, 0.25) is 5.95 Å². The Hall–Kier alpha value is -3.30. The Balaban J connectivity index is 1.77. The molecule has 10 heteroatoms. The van der Waals surface area contributed by atoms with E-state index in [9.17, 15) is 27.5 Å². The van der Waals surface area contributed by atoms with Crippen LogP contribution in [0.3, 0.4) is 0 Å². The maximum atomic E-state index is 14.6. The Morgan fingerprint density at radius 1 is 1.21 bits per heavy atom. The van der Waals surface area contributed by atoms with Crippen molar-refractivity contribution in [1.29, 1.82) is 0 Å². The van der Waals surface area contributed by atoms with Crippen LogP contribution in [0.1, 0.15) is 56.4 Å². The molecule has 0 radical (unpaired) electrons. The van der Waals surface area contributed by atoms with Gasteiger partial charge in [-0.1, -0.05) is 20.8 Å². The molecule has 2 aromatic carbocycles. The molecule has 182 valence electrons. The number of nitrogens with zero attached hydrogens (tertiary/aromatic N) is 2. The SMILES string of the molecule is C[C@@H]1C[C@H](n2c(Nc3ccc(OC(F)(F)F)cc3)nc3cc(C(=O)O)c(F)cc32)CC(C)(C)C1. The van der Waals surface area contributed by atoms with Gasteiger partial charge in [0.05, 0.1) is 16.6 Å². The number of alkyl halides is 3. The van der Waals surface area contributed by atoms with Crippen molar-refractivity contribution >= 4 is 28.6 Å². The number of ether oxygens (including phenoxy) is 1. The van der Waals surface area contributed by atoms with Crippen molar-refractivity contribution in [3.8, 4) is 5.75 Å². The molecule has 0 spiro atoms. The number of carbonyl (C=O) groups is 1. The minimum Gasteiger partial charge on any atom is -0.478 e. The van der Waals surface area contributed by atoms with Gasteiger partial charge in [-0.15, -0.1) is 13.2 Å². The topological polar surface area (TPSA) is 76.4 Å². The third-order valence-electron chi connectivity index (χ3n) is 6.08. The Morgan fingerprint density at radius 3 is 2.47 bits per heavy atom. The lowest BCUT2D eigenvalue weighted by Gasteiger charge is -2.40. The predicted molar refractivity (Wildman–Crippen MR) is 119 cm³/mol. The molecule has 1 aliphatic carbocycles. The summed E-state index contributed by atoms with van der Waals surface area (Å²) in [7, 11) is 0. The average Bonchev–Trinajstić information content (AvgIpc) is 3.02. The van der Waals surface area contributed by atoms with Crippen molar-refractivity contribution in [1.82, 2.24) is 9.55 Å². The lowest BCUT2D eigenvalue weighted by atomic mass is 9.70. The van der Waals surface area contributed by atoms with Crippen LogP contribution in [0.25, 0.3) is 11.0 Å². The third kappa shape index (κ3) is 5.10. The standard InChI is InChI=1S/C24H25F4N3O3/c1-13-8-15(12-23(2,3)11-13)31-20-10-18(25)17(21(32)33)9-19(20)30-22(31)29-14-4-6-16(7-5-14)34-24(26,27)28/h4-7,9-10,13,15H,8,11-12H2,1-3H3,(H,29,30)(H,32,33)/t13-,15+/m1/s1. The Kier molecular flexibility index (Phi) is 5.95. The number of hydrogen-bond acceptors (Lipinski definition) is 4. The largest absolute Gasteiger partial charge is 0.573 e. The van der Waals surface area contributed by atoms with Crippen molar-refractivity contribution in [2.75, 3.05) is 5.32 Å². The Bertz CT molecular complexity index is 1220. The summed E-state index contributed by atoms with van der Waals surface area (Å²) in [5, 5.41) is 12.4. The van der Waals surface area contributed by atoms with Gasteiger partial charge in [-0.2, -0.15) is 0 Å². The van der Waals surface area contributed by atoms with E-state index in [1.165, 1.54) is 36.4 Å². The molecule has 1 saturated carbocycles. The highest BCUT2D eigenvalue weighted by Crippen LogP contribution is 2.46. The fourth-order valence-electron chi connectivity index (χ4n) is 5.10. The quantitative estimate of drug-likeness (QED) is 0.389. The molecule has 1 aliphatic rings. The number of benzene rings is 2. The maximum absolute atomic E-state index is 14.6. The molecule has 2 atom stereocenters. The molecule has 0 bridgehead atoms. The van der Waals surface area contributed by atoms with Crippen LogP contribution in [0.15, 0.2) is 36.4 Å². The van der Waals surface area contributed by atoms with E-state index in [1.54, 1.807) is 0 Å². The van der Waals surface area contributed by atoms with Gasteiger partial charge >= 0.3 is 12.3 Å². The first-order valence-corrected chi connectivity index (χ1v) is 10.9. The van der Waals surface area contributed by atoms with E-state index in [-0.39, 0.29) is 17.2 Å². The van der Waals surface area contributed by atoms with Gasteiger partial charge in [0.1, 0.15) is 11.6 Å². The minimum atomic E-state index is -4.79. The molecule has 34 heavy (non-hydrogen) atoms. The monoisotopic (exact) mass is 479 g/mol. The summed E-state index contributed by atoms with van der Waals surface area (Å²) in [4.78, 5) is 16.0. The van der Waals surface area contributed by atoms with Crippen LogP contribution in [0.5, 0.6) is 5.75 Å². The lowest BCUT2D eigenvalue weighted by molar-refractivity contribution is -0.274. The molecule has 0 saturated heterocycles. The second kappa shape index (κ2) is 8.48. The van der Waals surface area contributed by atoms with Gasteiger partial charge in [0.15, 0.2) is 0 Å². The van der Waals surface area contributed by atoms with Crippen LogP contribution < -0.4 is 10.1 Å². The number of anilines is 2. The first-order valence-electron chi connectivity index (χ1n) is 10.9. The van der Waals surface area contributed by atoms with Crippen LogP contribution in [0.2, 0.25) is 0 Å². The second-order valence-electron chi connectivity index (χ2n) is 9.70. The number of imidazole rings is 1. The zero-order chi connectivity index (χ0) is 24.8. The maximum Gasteiger partial charge on any atom is 0.573 e. The average molecular weight is 479 g/mol. The van der Waals surface area contributed by atoms with Gasteiger partial charge in [-0.05, 0) is 60.9 Å². The first kappa shape index (κ1) is 23.8. The Morgan fingerprint density at radius 2 is 1.88 bits per heavy atom. The number of hydrogen-bond donors (Lipinski definition) is 2. The van der Waals surface area contributed by atoms with Gasteiger partial charge in [0.25, 0.3) is 0 Å². The van der Waals surface area contributed by atoms with Crippen LogP contribution in [-0.4, -0.2) is 27.0 Å². The van der Waals surface area contributed by atoms with E-state index >= 15 is 0 Å². The van der Waals surface area contributed by atoms with E-state index < -0.39 is 23.7 Å². The van der Waals surface area contributed by atoms with Gasteiger partial charge in [-0.3, -0.25) is 0 Å². The smallest absolute Gasteiger partial charge is 0.478 e. The van der Waals surface area contributed by atoms with E-state index in [0.717, 1.165) is 19.3 Å². The van der Waals surface area contributed by atoms with Crippen LogP contribution >= 0.6 is 0 Å². The first-order chi connectivity index (χ1) is 15.8. The number of aromatic carboxylic acids is 1. The summed E-state index contributed by atoms with van der Waals surface area (Å²) < 4.78 is 57.8. The van der Waals surface area contributed by atoms with Crippen LogP contribution in [-0.2, 0) is 0 Å². The third-order valence-corrected chi connectivity index (χ3v) is 6.08. The van der Waals surface area contributed by atoms with Crippen molar-refractivity contribution in [2.24, 2.45) is 11.3 Å². The highest BCUT2D eigenvalue weighted by atomic mass is 19.4. The van der Waals surface area contributed by atoms with Gasteiger partial charge < -0.3 is 19.7 Å². The fraction of sp³-hybridized carbons (Fsp3) is 0.417. The highest BCUT2D eigenvalue weighted by Gasteiger charge is 2.35. The molecule has 0 aliphatic heterocycles. The summed E-state index contributed by atoms with van der Waals surface area (Å²) in [6.07, 6.45) is -2.13. The van der Waals surface area contributed by atoms with Crippen molar-refractivity contribution in [3.05, 3.63) is 47.8 Å². The number of halogens is 4. The second-order valence-corrected chi connectivity index (χ2v) is 9.70. The zero-order valence-corrected chi connectivity index (χ0v) is 18.9. The number of rotatable bonds is 5. The van der Waals surface area contributed by atoms with Crippen LogP contribution in [0, 0.1) is 17.2 Å². The molecule has 0 unspecified atom stereocenters. The molecule has 4 rings (SSSR count). The molecular formula is C24H25F4N3O3. The summed E-state index contributed by atoms with van der Waals surface area (Å²) in [5.74, 6) is -1.85. The molecule has 2 N–H and O–H groups in total. The summed E-state index contributed by atoms with van der Waals surface area (Å²) in [5.41, 5.74) is 0.779. The Labute approximate surface area is 193 Å². The molecule has 6 nitrogen and oxygen atoms in total. The summed E-state index contributed by atoms with van der Waals surface area (Å²) in [6, 6.07) is 7.54. The number of carboxylic acids is 1. The molecule has 1 heterocycles. The van der Waals surface area contributed by atoms with Crippen LogP contribution in [0.4, 0.5) is 29.2 Å². The number of aromatic nitrogens is 2. The van der Waals surface area contributed by atoms with E-state index in [4.69, 9.17) is 0 Å². The summed E-state index contributed by atoms with van der Waals surface area (Å²) >= 11 is 0. The van der Waals surface area contributed by atoms with E-state index in [0.29, 0.717) is 28.6 Å². The molecular weight excluding hydrogens is 454 g/mol. The molecule has 3 aromatic rings. The van der Waals surface area contributed by atoms with Gasteiger partial charge in [0, 0.05) is 17.8 Å². The zero-order valence-electron chi connectivity index (χ0n) is 18.9. The minimum absolute atomic E-state index is 0.0332. The normalized spacial score (nSPS) is 20.3. The predicted octanol–water partition coefficient (Wildman–Crippen LogP) is 6.90. The van der Waals surface area contributed by atoms with Crippen molar-refractivity contribution in [2.45, 2.75) is 52.4 Å². The van der Waals surface area contributed by atoms with E-state index in [2.05, 4.69) is 35.8 Å². The number of carboxylic acid groups (broad SMARTS) is 1. The number of nitrogens with one attached hydrogen (secondary N) is 1.